The molecule has 2 N–H and O–H groups in total. The van der Waals surface area contributed by atoms with Crippen molar-refractivity contribution >= 4 is 11.8 Å². The van der Waals surface area contributed by atoms with Crippen molar-refractivity contribution in [3.8, 4) is 0 Å². The van der Waals surface area contributed by atoms with Gasteiger partial charge in [-0.15, -0.1) is 0 Å². The molecule has 0 saturated heterocycles. The molecule has 0 heterocycles. The fraction of sp³-hybridized carbons (Fsp3) is 0.143. The van der Waals surface area contributed by atoms with Crippen LogP contribution in [0.15, 0.2) is 24.5 Å². The average Bonchev–Trinajstić information content (AvgIpc) is 2.02. The molecule has 0 atom stereocenters. The molecule has 11 heavy (non-hydrogen) atoms. The van der Waals surface area contributed by atoms with Gasteiger partial charge in [-0.3, -0.25) is 14.9 Å². The summed E-state index contributed by atoms with van der Waals surface area (Å²) in [5.41, 5.74) is 0.0696. The maximum Gasteiger partial charge on any atom is 0.256 e. The van der Waals surface area contributed by atoms with Gasteiger partial charge in [-0.05, 0) is 13.0 Å². The Kier molecular flexibility index (Phi) is 3.66. The number of imide groups is 1. The lowest BCUT2D eigenvalue weighted by Gasteiger charge is -1.97. The first-order valence-electron chi connectivity index (χ1n) is 2.90. The van der Waals surface area contributed by atoms with Crippen molar-refractivity contribution in [2.24, 2.45) is 0 Å². The van der Waals surface area contributed by atoms with E-state index in [9.17, 15) is 9.59 Å². The fourth-order valence-electron chi connectivity index (χ4n) is 0.320. The normalized spacial score (nSPS) is 10.5. The molecule has 0 spiro atoms. The van der Waals surface area contributed by atoms with Crippen molar-refractivity contribution in [3.63, 3.8) is 0 Å². The second-order valence-corrected chi connectivity index (χ2v) is 1.83. The van der Waals surface area contributed by atoms with Crippen LogP contribution in [0.3, 0.4) is 0 Å². The summed E-state index contributed by atoms with van der Waals surface area (Å²) in [5.74, 6) is -1.21. The van der Waals surface area contributed by atoms with Crippen LogP contribution < -0.4 is 5.32 Å². The molecule has 0 fully saturated rings. The zero-order valence-corrected chi connectivity index (χ0v) is 6.13. The summed E-state index contributed by atoms with van der Waals surface area (Å²) >= 11 is 0. The highest BCUT2D eigenvalue weighted by Gasteiger charge is 2.05. The van der Waals surface area contributed by atoms with E-state index in [0.29, 0.717) is 6.26 Å². The van der Waals surface area contributed by atoms with Gasteiger partial charge in [0.05, 0.1) is 6.26 Å². The Bertz CT molecular complexity index is 218. The minimum atomic E-state index is -0.627. The van der Waals surface area contributed by atoms with E-state index in [0.717, 1.165) is 6.08 Å². The van der Waals surface area contributed by atoms with Crippen molar-refractivity contribution < 1.29 is 14.7 Å². The van der Waals surface area contributed by atoms with Gasteiger partial charge in [0, 0.05) is 5.57 Å². The van der Waals surface area contributed by atoms with Gasteiger partial charge < -0.3 is 5.11 Å². The summed E-state index contributed by atoms with van der Waals surface area (Å²) in [6.45, 7) is 4.53. The topological polar surface area (TPSA) is 66.4 Å². The summed E-state index contributed by atoms with van der Waals surface area (Å²) in [6.07, 6.45) is 1.61. The Morgan fingerprint density at radius 3 is 2.45 bits per heavy atom. The van der Waals surface area contributed by atoms with E-state index in [-0.39, 0.29) is 5.57 Å². The number of aliphatic hydroxyl groups is 1. The molecule has 0 saturated carbocycles. The van der Waals surface area contributed by atoms with Crippen molar-refractivity contribution in [2.75, 3.05) is 0 Å². The van der Waals surface area contributed by atoms with E-state index < -0.39 is 11.8 Å². The fourth-order valence-corrected chi connectivity index (χ4v) is 0.320. The van der Waals surface area contributed by atoms with Crippen molar-refractivity contribution in [1.82, 2.24) is 5.32 Å². The van der Waals surface area contributed by atoms with E-state index in [2.05, 4.69) is 6.58 Å². The van der Waals surface area contributed by atoms with Crippen LogP contribution in [0.2, 0.25) is 0 Å². The quantitative estimate of drug-likeness (QED) is 0.444. The molecule has 0 aromatic rings. The van der Waals surface area contributed by atoms with Crippen LogP contribution in [0.25, 0.3) is 0 Å². The van der Waals surface area contributed by atoms with E-state index in [4.69, 9.17) is 5.11 Å². The number of hydrogen-bond donors (Lipinski definition) is 2. The van der Waals surface area contributed by atoms with E-state index in [1.807, 2.05) is 5.32 Å². The number of hydrogen-bond acceptors (Lipinski definition) is 3. The minimum Gasteiger partial charge on any atom is -0.515 e. The summed E-state index contributed by atoms with van der Waals surface area (Å²) in [4.78, 5) is 21.2. The van der Waals surface area contributed by atoms with Gasteiger partial charge in [0.2, 0.25) is 5.91 Å². The van der Waals surface area contributed by atoms with Crippen molar-refractivity contribution in [1.29, 1.82) is 0 Å². The Morgan fingerprint density at radius 2 is 2.09 bits per heavy atom. The van der Waals surface area contributed by atoms with E-state index in [1.54, 1.807) is 0 Å². The van der Waals surface area contributed by atoms with Crippen LogP contribution >= 0.6 is 0 Å². The van der Waals surface area contributed by atoms with Gasteiger partial charge in [0.15, 0.2) is 0 Å². The summed E-state index contributed by atoms with van der Waals surface area (Å²) in [6, 6.07) is 0. The van der Waals surface area contributed by atoms with Gasteiger partial charge in [-0.25, -0.2) is 0 Å². The Hall–Kier alpha value is -1.58. The molecular formula is C7H9NO3. The first-order chi connectivity index (χ1) is 5.11. The predicted molar refractivity (Wildman–Crippen MR) is 39.7 cm³/mol. The minimum absolute atomic E-state index is 0.0696. The lowest BCUT2D eigenvalue weighted by Crippen LogP contribution is -2.29. The maximum absolute atomic E-state index is 10.7. The molecule has 4 nitrogen and oxygen atoms in total. The van der Waals surface area contributed by atoms with Crippen LogP contribution in [0.5, 0.6) is 0 Å². The number of nitrogens with one attached hydrogen (secondary N) is 1. The molecule has 0 aliphatic rings. The van der Waals surface area contributed by atoms with Gasteiger partial charge in [-0.1, -0.05) is 6.58 Å². The highest BCUT2D eigenvalue weighted by molar-refractivity contribution is 6.06. The number of rotatable bonds is 2. The van der Waals surface area contributed by atoms with Gasteiger partial charge in [-0.2, -0.15) is 0 Å². The largest absolute Gasteiger partial charge is 0.515 e. The smallest absolute Gasteiger partial charge is 0.256 e. The standard InChI is InChI=1S/C7H9NO3/c1-3-6(10)8-7(11)5(2)4-9/h3-4,9H,1H2,2H3,(H,8,10,11). The molecule has 0 aliphatic heterocycles. The van der Waals surface area contributed by atoms with Gasteiger partial charge in [0.25, 0.3) is 5.91 Å². The molecule has 0 bridgehead atoms. The summed E-state index contributed by atoms with van der Waals surface area (Å²) < 4.78 is 0. The average molecular weight is 155 g/mol. The zero-order valence-electron chi connectivity index (χ0n) is 6.13. The monoisotopic (exact) mass is 155 g/mol. The Labute approximate surface area is 64.2 Å². The molecule has 0 rings (SSSR count). The highest BCUT2D eigenvalue weighted by Crippen LogP contribution is 1.88. The lowest BCUT2D eigenvalue weighted by molar-refractivity contribution is -0.125. The third kappa shape index (κ3) is 3.20. The lowest BCUT2D eigenvalue weighted by atomic mass is 10.3. The van der Waals surface area contributed by atoms with E-state index in [1.165, 1.54) is 6.92 Å². The third-order valence-electron chi connectivity index (χ3n) is 0.974. The zero-order chi connectivity index (χ0) is 8.85. The first kappa shape index (κ1) is 9.42. The van der Waals surface area contributed by atoms with Gasteiger partial charge in [0.1, 0.15) is 0 Å². The van der Waals surface area contributed by atoms with Gasteiger partial charge >= 0.3 is 0 Å². The molecule has 0 radical (unpaired) electrons. The Morgan fingerprint density at radius 1 is 1.55 bits per heavy atom. The number of carbonyl (C=O) groups is 2. The van der Waals surface area contributed by atoms with Crippen molar-refractivity contribution in [3.05, 3.63) is 24.5 Å². The third-order valence-corrected chi connectivity index (χ3v) is 0.974. The molecule has 2 amide bonds. The SMILES string of the molecule is C=CC(=O)NC(=O)C(C)=CO. The maximum atomic E-state index is 10.7. The molecule has 0 aromatic heterocycles. The number of amides is 2. The molecule has 0 aromatic carbocycles. The summed E-state index contributed by atoms with van der Waals surface area (Å²) in [5, 5.41) is 10.3. The molecule has 0 unspecified atom stereocenters. The first-order valence-corrected chi connectivity index (χ1v) is 2.90. The number of aliphatic hydroxyl groups excluding tert-OH is 1. The number of carbonyl (C=O) groups excluding carboxylic acids is 2. The molecular weight excluding hydrogens is 146 g/mol. The van der Waals surface area contributed by atoms with Crippen LogP contribution in [0.1, 0.15) is 6.92 Å². The Balaban J connectivity index is 4.09. The summed E-state index contributed by atoms with van der Waals surface area (Å²) in [7, 11) is 0. The molecule has 0 aliphatic carbocycles. The van der Waals surface area contributed by atoms with Crippen LogP contribution in [-0.2, 0) is 9.59 Å². The van der Waals surface area contributed by atoms with Crippen LogP contribution in [0.4, 0.5) is 0 Å². The van der Waals surface area contributed by atoms with Crippen LogP contribution in [0, 0.1) is 0 Å². The molecule has 4 heteroatoms. The second kappa shape index (κ2) is 4.27. The van der Waals surface area contributed by atoms with Crippen LogP contribution in [-0.4, -0.2) is 16.9 Å². The predicted octanol–water partition coefficient (Wildman–Crippen LogP) is 0.277. The van der Waals surface area contributed by atoms with E-state index >= 15 is 0 Å². The molecule has 60 valence electrons. The highest BCUT2D eigenvalue weighted by atomic mass is 16.2. The second-order valence-electron chi connectivity index (χ2n) is 1.83. The van der Waals surface area contributed by atoms with Crippen molar-refractivity contribution in [2.45, 2.75) is 6.92 Å².